The maximum Gasteiger partial charge on any atom is -0.00368 e. The van der Waals surface area contributed by atoms with Crippen molar-refractivity contribution >= 4 is 67.9 Å². The van der Waals surface area contributed by atoms with E-state index in [1.165, 1.54) is 84.0 Å². The van der Waals surface area contributed by atoms with E-state index < -0.39 is 0 Å². The van der Waals surface area contributed by atoms with Gasteiger partial charge in [0.05, 0.1) is 0 Å². The lowest BCUT2D eigenvalue weighted by Gasteiger charge is -2.08. The first-order valence-corrected chi connectivity index (χ1v) is 12.0. The van der Waals surface area contributed by atoms with Crippen LogP contribution in [-0.4, -0.2) is 52.4 Å². The van der Waals surface area contributed by atoms with Gasteiger partial charge in [-0.2, -0.15) is 0 Å². The first-order chi connectivity index (χ1) is 13.1. The monoisotopic (exact) mass is 720 g/mol. The van der Waals surface area contributed by atoms with Crippen molar-refractivity contribution in [2.24, 2.45) is 11.8 Å². The van der Waals surface area contributed by atoms with Gasteiger partial charge in [-0.25, -0.2) is 0 Å². The van der Waals surface area contributed by atoms with E-state index in [1.807, 2.05) is 0 Å². The summed E-state index contributed by atoms with van der Waals surface area (Å²) < 4.78 is 0. The highest BCUT2D eigenvalue weighted by Crippen LogP contribution is 2.01. The molecular weight excluding hydrogens is 664 g/mol. The third-order valence-electron chi connectivity index (χ3n) is 4.92. The lowest BCUT2D eigenvalue weighted by Crippen LogP contribution is -2.24. The molecule has 0 heterocycles. The highest BCUT2D eigenvalue weighted by molar-refractivity contribution is 8.93. The molecule has 0 aliphatic carbocycles. The average Bonchev–Trinajstić information content (AvgIpc) is 2.62. The largest absolute Gasteiger partial charge is 0.317 e. The molecule has 4 N–H and O–H groups in total. The normalized spacial score (nSPS) is 9.94. The van der Waals surface area contributed by atoms with Gasteiger partial charge in [0.2, 0.25) is 0 Å². The van der Waals surface area contributed by atoms with Crippen LogP contribution in [0.25, 0.3) is 0 Å². The van der Waals surface area contributed by atoms with Crippen LogP contribution in [-0.2, 0) is 0 Å². The first kappa shape index (κ1) is 47.0. The van der Waals surface area contributed by atoms with Crippen molar-refractivity contribution in [2.75, 3.05) is 52.4 Å². The Morgan fingerprint density at radius 3 is 0.938 bits per heavy atom. The molecule has 0 rings (SSSR count). The number of unbranched alkanes of at least 4 members (excludes halogenated alkanes) is 4. The van der Waals surface area contributed by atoms with E-state index in [0.717, 1.165) is 38.0 Å². The molecule has 0 aliphatic heterocycles. The second kappa shape index (κ2) is 40.0. The van der Waals surface area contributed by atoms with Crippen LogP contribution in [0.5, 0.6) is 0 Å². The van der Waals surface area contributed by atoms with Gasteiger partial charge in [-0.05, 0) is 103 Å². The van der Waals surface area contributed by atoms with Crippen LogP contribution in [0.3, 0.4) is 0 Å². The average molecular weight is 724 g/mol. The fourth-order valence-electron chi connectivity index (χ4n) is 2.99. The summed E-state index contributed by atoms with van der Waals surface area (Å²) in [7, 11) is 0. The van der Waals surface area contributed by atoms with Crippen molar-refractivity contribution in [1.82, 2.24) is 21.3 Å². The molecule has 0 aromatic heterocycles. The number of halogens is 4. The second-order valence-corrected chi connectivity index (χ2v) is 8.84. The van der Waals surface area contributed by atoms with Gasteiger partial charge in [-0.3, -0.25) is 0 Å². The van der Waals surface area contributed by atoms with Crippen molar-refractivity contribution < 1.29 is 0 Å². The molecule has 0 unspecified atom stereocenters. The van der Waals surface area contributed by atoms with Gasteiger partial charge in [-0.1, -0.05) is 54.4 Å². The van der Waals surface area contributed by atoms with Crippen LogP contribution in [0.15, 0.2) is 0 Å². The van der Waals surface area contributed by atoms with Crippen molar-refractivity contribution in [2.45, 2.75) is 92.9 Å². The first-order valence-electron chi connectivity index (χ1n) is 12.0. The number of nitrogens with one attached hydrogen (secondary N) is 4. The summed E-state index contributed by atoms with van der Waals surface area (Å²) in [5, 5.41) is 14.2. The Labute approximate surface area is 244 Å². The van der Waals surface area contributed by atoms with E-state index in [0.29, 0.717) is 0 Å². The van der Waals surface area contributed by atoms with Crippen LogP contribution in [0, 0.1) is 11.8 Å². The molecular formula is C24H60Br4N4. The molecule has 4 nitrogen and oxygen atoms in total. The third-order valence-corrected chi connectivity index (χ3v) is 4.92. The van der Waals surface area contributed by atoms with E-state index in [-0.39, 0.29) is 75.4 Å². The molecule has 0 aromatic rings. The molecule has 0 radical (unpaired) electrons. The minimum absolute atomic E-state index is 0. The zero-order valence-electron chi connectivity index (χ0n) is 20.8. The summed E-state index contributed by atoms with van der Waals surface area (Å²) in [6.07, 6.45) is 11.9. The molecule has 8 heteroatoms. The molecule has 0 amide bonds. The molecule has 204 valence electrons. The smallest absolute Gasteiger partial charge is 0.00368 e. The quantitative estimate of drug-likeness (QED) is 0.0900. The second-order valence-electron chi connectivity index (χ2n) is 8.84. The van der Waals surface area contributed by atoms with E-state index in [4.69, 9.17) is 0 Å². The minimum Gasteiger partial charge on any atom is -0.317 e. The maximum absolute atomic E-state index is 3.57. The van der Waals surface area contributed by atoms with Gasteiger partial charge in [0.1, 0.15) is 0 Å². The Bertz CT molecular complexity index is 261. The summed E-state index contributed by atoms with van der Waals surface area (Å²) in [5.41, 5.74) is 0. The van der Waals surface area contributed by atoms with Crippen LogP contribution in [0.4, 0.5) is 0 Å². The van der Waals surface area contributed by atoms with Gasteiger partial charge in [0.25, 0.3) is 0 Å². The summed E-state index contributed by atoms with van der Waals surface area (Å²) in [4.78, 5) is 0. The molecule has 0 atom stereocenters. The Kier molecular flexibility index (Phi) is 58.7. The molecule has 0 spiro atoms. The van der Waals surface area contributed by atoms with E-state index in [2.05, 4.69) is 49.0 Å². The van der Waals surface area contributed by atoms with E-state index >= 15 is 0 Å². The van der Waals surface area contributed by atoms with Crippen molar-refractivity contribution in [3.63, 3.8) is 0 Å². The molecule has 32 heavy (non-hydrogen) atoms. The number of hydrogen-bond donors (Lipinski definition) is 4. The van der Waals surface area contributed by atoms with Gasteiger partial charge in [0.15, 0.2) is 0 Å². The lowest BCUT2D eigenvalue weighted by atomic mass is 10.1. The Morgan fingerprint density at radius 2 is 0.625 bits per heavy atom. The fraction of sp³-hybridized carbons (Fsp3) is 1.00. The summed E-state index contributed by atoms with van der Waals surface area (Å²) >= 11 is 0. The van der Waals surface area contributed by atoms with Crippen molar-refractivity contribution in [3.8, 4) is 0 Å². The topological polar surface area (TPSA) is 48.1 Å². The standard InChI is InChI=1S/C23H52N4.CH4.4BrH/c1-22(2)12-20-26-18-10-16-24-14-8-6-5-7-9-15-25-17-11-19-27-21-13-23(3)4;;;;;/h22-27H,5-21H2,1-4H3;1H4;4*1H. The van der Waals surface area contributed by atoms with Gasteiger partial charge >= 0.3 is 0 Å². The number of hydrogen-bond acceptors (Lipinski definition) is 4. The Hall–Kier alpha value is 1.76. The fourth-order valence-corrected chi connectivity index (χ4v) is 2.99. The molecule has 0 saturated heterocycles. The van der Waals surface area contributed by atoms with Gasteiger partial charge < -0.3 is 21.3 Å². The van der Waals surface area contributed by atoms with Gasteiger partial charge in [0, 0.05) is 0 Å². The predicted molar refractivity (Wildman–Crippen MR) is 171 cm³/mol. The highest BCUT2D eigenvalue weighted by atomic mass is 79.9. The minimum atomic E-state index is 0. The van der Waals surface area contributed by atoms with Crippen LogP contribution >= 0.6 is 67.9 Å². The summed E-state index contributed by atoms with van der Waals surface area (Å²) in [6.45, 7) is 18.5. The molecule has 0 aliphatic rings. The van der Waals surface area contributed by atoms with Crippen LogP contribution < -0.4 is 21.3 Å². The lowest BCUT2D eigenvalue weighted by molar-refractivity contribution is 0.512. The van der Waals surface area contributed by atoms with Crippen LogP contribution in [0.1, 0.15) is 92.9 Å². The maximum atomic E-state index is 3.57. The van der Waals surface area contributed by atoms with Crippen molar-refractivity contribution in [3.05, 3.63) is 0 Å². The zero-order chi connectivity index (χ0) is 20.0. The molecule has 0 fully saturated rings. The molecule has 0 saturated carbocycles. The third kappa shape index (κ3) is 45.3. The molecule has 0 bridgehead atoms. The summed E-state index contributed by atoms with van der Waals surface area (Å²) in [5.74, 6) is 1.63. The van der Waals surface area contributed by atoms with Gasteiger partial charge in [-0.15, -0.1) is 67.9 Å². The Morgan fingerprint density at radius 1 is 0.375 bits per heavy atom. The van der Waals surface area contributed by atoms with Crippen molar-refractivity contribution in [1.29, 1.82) is 0 Å². The van der Waals surface area contributed by atoms with E-state index in [9.17, 15) is 0 Å². The number of rotatable bonds is 22. The SMILES string of the molecule is Br.Br.Br.Br.C.CC(C)CCNCCCNCCCCCCCNCCCNCCC(C)C. The zero-order valence-corrected chi connectivity index (χ0v) is 27.7. The van der Waals surface area contributed by atoms with E-state index in [1.54, 1.807) is 0 Å². The van der Waals surface area contributed by atoms with Crippen LogP contribution in [0.2, 0.25) is 0 Å². The highest BCUT2D eigenvalue weighted by Gasteiger charge is 1.95. The summed E-state index contributed by atoms with van der Waals surface area (Å²) in [6, 6.07) is 0. The predicted octanol–water partition coefficient (Wildman–Crippen LogP) is 7.12. The molecule has 0 aromatic carbocycles. The Balaban J connectivity index is -0.000000338.